The van der Waals surface area contributed by atoms with Crippen molar-refractivity contribution in [2.45, 2.75) is 26.3 Å². The second kappa shape index (κ2) is 8.81. The van der Waals surface area contributed by atoms with Crippen molar-refractivity contribution in [1.82, 2.24) is 0 Å². The first-order chi connectivity index (χ1) is 13.5. The summed E-state index contributed by atoms with van der Waals surface area (Å²) < 4.78 is 14.1. The zero-order chi connectivity index (χ0) is 20.1. The number of aryl methyl sites for hydroxylation is 2. The third-order valence-electron chi connectivity index (χ3n) is 5.06. The highest BCUT2D eigenvalue weighted by Crippen LogP contribution is 2.23. The lowest BCUT2D eigenvalue weighted by atomic mass is 10.0. The number of benzene rings is 3. The molecule has 0 heterocycles. The monoisotopic (exact) mass is 376 g/mol. The van der Waals surface area contributed by atoms with Crippen molar-refractivity contribution < 1.29 is 9.18 Å². The zero-order valence-electron chi connectivity index (χ0n) is 16.2. The average Bonchev–Trinajstić information content (AvgIpc) is 2.72. The summed E-state index contributed by atoms with van der Waals surface area (Å²) in [6.45, 7) is 4.39. The van der Waals surface area contributed by atoms with E-state index < -0.39 is 6.04 Å². The topological polar surface area (TPSA) is 46.3 Å². The van der Waals surface area contributed by atoms with E-state index in [0.717, 1.165) is 22.4 Å². The van der Waals surface area contributed by atoms with Crippen molar-refractivity contribution in [3.05, 3.63) is 101 Å². The molecule has 2 N–H and O–H groups in total. The summed E-state index contributed by atoms with van der Waals surface area (Å²) in [6, 6.07) is 21.1. The van der Waals surface area contributed by atoms with Gasteiger partial charge in [-0.25, -0.2) is 4.39 Å². The molecular formula is C24H25FN2O. The molecule has 1 atom stereocenters. The van der Waals surface area contributed by atoms with Crippen LogP contribution in [0.25, 0.3) is 0 Å². The van der Waals surface area contributed by atoms with Crippen LogP contribution in [-0.2, 0) is 11.2 Å². The van der Waals surface area contributed by atoms with Crippen LogP contribution in [0.4, 0.5) is 10.1 Å². The van der Waals surface area contributed by atoms with Crippen molar-refractivity contribution >= 4 is 11.6 Å². The van der Waals surface area contributed by atoms with E-state index in [2.05, 4.69) is 0 Å². The molecule has 144 valence electrons. The molecule has 0 spiro atoms. The first kappa shape index (κ1) is 19.8. The van der Waals surface area contributed by atoms with E-state index in [1.807, 2.05) is 62.4 Å². The van der Waals surface area contributed by atoms with Gasteiger partial charge in [0.1, 0.15) is 11.9 Å². The standard InChI is InChI=1S/C24H25FN2O/c1-17-12-13-21(16-18(17)2)27(15-14-19-8-6-7-11-22(19)25)24(28)23(26)20-9-4-3-5-10-20/h3-13,16,23H,14-15,26H2,1-2H3/t23-/m0/s1. The largest absolute Gasteiger partial charge is 0.316 e. The van der Waals surface area contributed by atoms with E-state index in [9.17, 15) is 9.18 Å². The number of carbonyl (C=O) groups is 1. The van der Waals surface area contributed by atoms with E-state index in [0.29, 0.717) is 18.5 Å². The molecule has 4 heteroatoms. The Labute approximate surface area is 165 Å². The van der Waals surface area contributed by atoms with E-state index >= 15 is 0 Å². The fraction of sp³-hybridized carbons (Fsp3) is 0.208. The van der Waals surface area contributed by atoms with Crippen LogP contribution in [-0.4, -0.2) is 12.5 Å². The van der Waals surface area contributed by atoms with Crippen molar-refractivity contribution in [2.75, 3.05) is 11.4 Å². The van der Waals surface area contributed by atoms with Crippen LogP contribution in [0.5, 0.6) is 0 Å². The Morgan fingerprint density at radius 3 is 2.32 bits per heavy atom. The van der Waals surface area contributed by atoms with Crippen LogP contribution < -0.4 is 10.6 Å². The average molecular weight is 376 g/mol. The summed E-state index contributed by atoms with van der Waals surface area (Å²) in [5.41, 5.74) is 10.6. The van der Waals surface area contributed by atoms with Crippen LogP contribution in [0, 0.1) is 19.7 Å². The lowest BCUT2D eigenvalue weighted by molar-refractivity contribution is -0.120. The molecule has 0 aliphatic rings. The Kier molecular flexibility index (Phi) is 6.22. The smallest absolute Gasteiger partial charge is 0.248 e. The third kappa shape index (κ3) is 4.46. The predicted octanol–water partition coefficient (Wildman–Crippen LogP) is 4.72. The van der Waals surface area contributed by atoms with E-state index in [-0.39, 0.29) is 11.7 Å². The van der Waals surface area contributed by atoms with Gasteiger partial charge >= 0.3 is 0 Å². The Morgan fingerprint density at radius 1 is 0.964 bits per heavy atom. The molecule has 0 aliphatic heterocycles. The second-order valence-electron chi connectivity index (χ2n) is 6.99. The molecule has 3 aromatic rings. The van der Waals surface area contributed by atoms with Crippen LogP contribution in [0.1, 0.15) is 28.3 Å². The molecular weight excluding hydrogens is 351 g/mol. The van der Waals surface area contributed by atoms with Crippen LogP contribution in [0.3, 0.4) is 0 Å². The highest BCUT2D eigenvalue weighted by Gasteiger charge is 2.24. The Morgan fingerprint density at radius 2 is 1.64 bits per heavy atom. The number of rotatable bonds is 6. The summed E-state index contributed by atoms with van der Waals surface area (Å²) in [5.74, 6) is -0.465. The van der Waals surface area contributed by atoms with Gasteiger partial charge in [-0.3, -0.25) is 4.79 Å². The summed E-state index contributed by atoms with van der Waals surface area (Å²) in [7, 11) is 0. The van der Waals surface area contributed by atoms with Gasteiger partial charge in [-0.15, -0.1) is 0 Å². The maximum Gasteiger partial charge on any atom is 0.248 e. The molecule has 0 aliphatic carbocycles. The predicted molar refractivity (Wildman–Crippen MR) is 112 cm³/mol. The minimum atomic E-state index is -0.775. The molecule has 0 radical (unpaired) electrons. The molecule has 3 rings (SSSR count). The SMILES string of the molecule is Cc1ccc(N(CCc2ccccc2F)C(=O)[C@@H](N)c2ccccc2)cc1C. The van der Waals surface area contributed by atoms with Gasteiger partial charge < -0.3 is 10.6 Å². The van der Waals surface area contributed by atoms with Crippen LogP contribution in [0.2, 0.25) is 0 Å². The van der Waals surface area contributed by atoms with Gasteiger partial charge in [0.25, 0.3) is 0 Å². The summed E-state index contributed by atoms with van der Waals surface area (Å²) in [5, 5.41) is 0. The molecule has 28 heavy (non-hydrogen) atoms. The van der Waals surface area contributed by atoms with E-state index in [4.69, 9.17) is 5.73 Å². The minimum absolute atomic E-state index is 0.203. The number of carbonyl (C=O) groups excluding carboxylic acids is 1. The molecule has 0 unspecified atom stereocenters. The van der Waals surface area contributed by atoms with Crippen molar-refractivity contribution in [3.63, 3.8) is 0 Å². The maximum atomic E-state index is 14.1. The second-order valence-corrected chi connectivity index (χ2v) is 6.99. The number of amides is 1. The lowest BCUT2D eigenvalue weighted by Gasteiger charge is -2.27. The number of hydrogen-bond acceptors (Lipinski definition) is 2. The van der Waals surface area contributed by atoms with Crippen molar-refractivity contribution in [1.29, 1.82) is 0 Å². The Balaban J connectivity index is 1.90. The fourth-order valence-electron chi connectivity index (χ4n) is 3.16. The zero-order valence-corrected chi connectivity index (χ0v) is 16.2. The molecule has 0 bridgehead atoms. The maximum absolute atomic E-state index is 14.1. The van der Waals surface area contributed by atoms with E-state index in [1.54, 1.807) is 23.1 Å². The third-order valence-corrected chi connectivity index (χ3v) is 5.06. The molecule has 0 saturated carbocycles. The highest BCUT2D eigenvalue weighted by molar-refractivity contribution is 5.97. The number of halogens is 1. The summed E-state index contributed by atoms with van der Waals surface area (Å²) >= 11 is 0. The molecule has 0 aromatic heterocycles. The Bertz CT molecular complexity index is 956. The van der Waals surface area contributed by atoms with Crippen LogP contribution >= 0.6 is 0 Å². The van der Waals surface area contributed by atoms with Gasteiger partial charge in [0.15, 0.2) is 0 Å². The van der Waals surface area contributed by atoms with Crippen molar-refractivity contribution in [3.8, 4) is 0 Å². The minimum Gasteiger partial charge on any atom is -0.316 e. The van der Waals surface area contributed by atoms with Gasteiger partial charge in [-0.1, -0.05) is 54.6 Å². The molecule has 0 fully saturated rings. The lowest BCUT2D eigenvalue weighted by Crippen LogP contribution is -2.40. The molecule has 3 aromatic carbocycles. The molecule has 3 nitrogen and oxygen atoms in total. The quantitative estimate of drug-likeness (QED) is 0.677. The normalized spacial score (nSPS) is 11.9. The number of nitrogens with two attached hydrogens (primary N) is 1. The summed E-state index contributed by atoms with van der Waals surface area (Å²) in [4.78, 5) is 14.9. The number of anilines is 1. The van der Waals surface area contributed by atoms with Gasteiger partial charge in [0, 0.05) is 12.2 Å². The Hall–Kier alpha value is -2.98. The molecule has 0 saturated heterocycles. The number of hydrogen-bond donors (Lipinski definition) is 1. The van der Waals surface area contributed by atoms with Gasteiger partial charge in [0.05, 0.1) is 0 Å². The first-order valence-corrected chi connectivity index (χ1v) is 9.40. The van der Waals surface area contributed by atoms with Gasteiger partial charge in [-0.2, -0.15) is 0 Å². The van der Waals surface area contributed by atoms with Crippen LogP contribution in [0.15, 0.2) is 72.8 Å². The number of nitrogens with zero attached hydrogens (tertiary/aromatic N) is 1. The first-order valence-electron chi connectivity index (χ1n) is 9.40. The van der Waals surface area contributed by atoms with E-state index in [1.165, 1.54) is 6.07 Å². The van der Waals surface area contributed by atoms with Gasteiger partial charge in [0.2, 0.25) is 5.91 Å². The fourth-order valence-corrected chi connectivity index (χ4v) is 3.16. The highest BCUT2D eigenvalue weighted by atomic mass is 19.1. The van der Waals surface area contributed by atoms with Gasteiger partial charge in [-0.05, 0) is 60.7 Å². The molecule has 1 amide bonds. The van der Waals surface area contributed by atoms with Crippen molar-refractivity contribution in [2.24, 2.45) is 5.73 Å². The summed E-state index contributed by atoms with van der Waals surface area (Å²) in [6.07, 6.45) is 0.410.